The number of hydrogen-bond acceptors (Lipinski definition) is 5. The van der Waals surface area contributed by atoms with E-state index >= 15 is 4.39 Å². The molecule has 0 atom stereocenters. The van der Waals surface area contributed by atoms with E-state index in [0.29, 0.717) is 22.4 Å². The van der Waals surface area contributed by atoms with E-state index in [9.17, 15) is 14.0 Å². The molecule has 3 aromatic rings. The van der Waals surface area contributed by atoms with E-state index in [1.54, 1.807) is 25.1 Å². The van der Waals surface area contributed by atoms with Crippen molar-refractivity contribution in [1.82, 2.24) is 0 Å². The van der Waals surface area contributed by atoms with Crippen LogP contribution < -0.4 is 9.47 Å². The lowest BCUT2D eigenvalue weighted by Gasteiger charge is -2.12. The number of esters is 2. The molecule has 0 spiro atoms. The zero-order chi connectivity index (χ0) is 26.4. The van der Waals surface area contributed by atoms with E-state index in [1.807, 2.05) is 19.1 Å². The second kappa shape index (κ2) is 11.4. The first-order valence-corrected chi connectivity index (χ1v) is 11.1. The second-order valence-electron chi connectivity index (χ2n) is 8.25. The average molecular weight is 493 g/mol. The molecule has 0 fully saturated rings. The topological polar surface area (TPSA) is 61.8 Å². The molecule has 0 N–H and O–H groups in total. The molecule has 0 aliphatic rings. The highest BCUT2D eigenvalue weighted by molar-refractivity contribution is 5.89. The highest BCUT2D eigenvalue weighted by atomic mass is 19.1. The molecule has 0 saturated carbocycles. The van der Waals surface area contributed by atoms with Crippen LogP contribution in [0.25, 0.3) is 22.3 Å². The first-order valence-electron chi connectivity index (χ1n) is 11.1. The molecule has 5 nitrogen and oxygen atoms in total. The molecular weight excluding hydrogens is 466 g/mol. The Hall–Kier alpha value is -4.26. The molecule has 0 aliphatic heterocycles. The predicted octanol–water partition coefficient (Wildman–Crippen LogP) is 6.59. The quantitative estimate of drug-likeness (QED) is 0.146. The third-order valence-corrected chi connectivity index (χ3v) is 5.21. The van der Waals surface area contributed by atoms with Crippen molar-refractivity contribution in [1.29, 1.82) is 0 Å². The van der Waals surface area contributed by atoms with Crippen LogP contribution in [0, 0.1) is 18.6 Å². The molecular formula is C29H26F2O5. The maximum atomic E-state index is 15.0. The van der Waals surface area contributed by atoms with E-state index < -0.39 is 23.6 Å². The SMILES string of the molecule is C=C(C)C(=O)OCCOc1ccc(-c2ccc(-c3ccc(OC(=O)C(=C)C)c(F)c3)c(F)c2)c(C)c1. The summed E-state index contributed by atoms with van der Waals surface area (Å²) >= 11 is 0. The lowest BCUT2D eigenvalue weighted by atomic mass is 9.97. The summed E-state index contributed by atoms with van der Waals surface area (Å²) in [6.45, 7) is 12.1. The molecule has 3 rings (SSSR count). The van der Waals surface area contributed by atoms with Gasteiger partial charge in [-0.05, 0) is 73.4 Å². The van der Waals surface area contributed by atoms with Gasteiger partial charge in [-0.1, -0.05) is 37.4 Å². The van der Waals surface area contributed by atoms with Gasteiger partial charge < -0.3 is 14.2 Å². The highest BCUT2D eigenvalue weighted by Crippen LogP contribution is 2.33. The Morgan fingerprint density at radius 3 is 2.00 bits per heavy atom. The highest BCUT2D eigenvalue weighted by Gasteiger charge is 2.14. The first-order chi connectivity index (χ1) is 17.1. The van der Waals surface area contributed by atoms with Crippen molar-refractivity contribution in [2.75, 3.05) is 13.2 Å². The van der Waals surface area contributed by atoms with Crippen LogP contribution in [0.4, 0.5) is 8.78 Å². The van der Waals surface area contributed by atoms with Crippen molar-refractivity contribution in [3.05, 3.63) is 96.1 Å². The van der Waals surface area contributed by atoms with Gasteiger partial charge in [-0.2, -0.15) is 0 Å². The zero-order valence-corrected chi connectivity index (χ0v) is 20.3. The lowest BCUT2D eigenvalue weighted by Crippen LogP contribution is -2.12. The minimum atomic E-state index is -0.786. The first kappa shape index (κ1) is 26.3. The Bertz CT molecular complexity index is 1340. The molecule has 186 valence electrons. The molecule has 3 aromatic carbocycles. The largest absolute Gasteiger partial charge is 0.490 e. The average Bonchev–Trinajstić information content (AvgIpc) is 2.82. The smallest absolute Gasteiger partial charge is 0.338 e. The number of carbonyl (C=O) groups is 2. The van der Waals surface area contributed by atoms with Crippen LogP contribution in [0.2, 0.25) is 0 Å². The van der Waals surface area contributed by atoms with Crippen LogP contribution in [0.5, 0.6) is 11.5 Å². The Morgan fingerprint density at radius 1 is 0.778 bits per heavy atom. The van der Waals surface area contributed by atoms with Crippen LogP contribution in [0.15, 0.2) is 78.9 Å². The molecule has 0 heterocycles. The summed E-state index contributed by atoms with van der Waals surface area (Å²) in [5, 5.41) is 0. The molecule has 36 heavy (non-hydrogen) atoms. The number of hydrogen-bond donors (Lipinski definition) is 0. The van der Waals surface area contributed by atoms with Crippen molar-refractivity contribution in [3.63, 3.8) is 0 Å². The molecule has 0 radical (unpaired) electrons. The van der Waals surface area contributed by atoms with E-state index in [-0.39, 0.29) is 30.1 Å². The van der Waals surface area contributed by atoms with Crippen LogP contribution >= 0.6 is 0 Å². The van der Waals surface area contributed by atoms with Crippen molar-refractivity contribution >= 4 is 11.9 Å². The van der Waals surface area contributed by atoms with E-state index in [1.165, 1.54) is 25.1 Å². The lowest BCUT2D eigenvalue weighted by molar-refractivity contribution is -0.139. The number of rotatable bonds is 9. The third-order valence-electron chi connectivity index (χ3n) is 5.21. The molecule has 0 aromatic heterocycles. The molecule has 0 unspecified atom stereocenters. The third kappa shape index (κ3) is 6.44. The van der Waals surface area contributed by atoms with Gasteiger partial charge >= 0.3 is 11.9 Å². The van der Waals surface area contributed by atoms with E-state index in [2.05, 4.69) is 13.2 Å². The van der Waals surface area contributed by atoms with Gasteiger partial charge in [0.15, 0.2) is 11.6 Å². The van der Waals surface area contributed by atoms with Gasteiger partial charge in [0.1, 0.15) is 24.8 Å². The Balaban J connectivity index is 1.73. The van der Waals surface area contributed by atoms with Gasteiger partial charge in [-0.25, -0.2) is 18.4 Å². The molecule has 0 saturated heterocycles. The van der Waals surface area contributed by atoms with Gasteiger partial charge in [-0.3, -0.25) is 0 Å². The zero-order valence-electron chi connectivity index (χ0n) is 20.3. The number of aryl methyl sites for hydroxylation is 1. The monoisotopic (exact) mass is 492 g/mol. The summed E-state index contributed by atoms with van der Waals surface area (Å²) < 4.78 is 45.0. The fourth-order valence-electron chi connectivity index (χ4n) is 3.32. The van der Waals surface area contributed by atoms with Crippen LogP contribution in [-0.2, 0) is 14.3 Å². The van der Waals surface area contributed by atoms with Crippen molar-refractivity contribution in [2.45, 2.75) is 20.8 Å². The van der Waals surface area contributed by atoms with Gasteiger partial charge in [0.2, 0.25) is 0 Å². The summed E-state index contributed by atoms with van der Waals surface area (Å²) in [6.07, 6.45) is 0. The minimum Gasteiger partial charge on any atom is -0.490 e. The Morgan fingerprint density at radius 2 is 1.39 bits per heavy atom. The summed E-state index contributed by atoms with van der Waals surface area (Å²) in [7, 11) is 0. The van der Waals surface area contributed by atoms with Crippen LogP contribution in [-0.4, -0.2) is 25.2 Å². The molecule has 0 aliphatic carbocycles. The van der Waals surface area contributed by atoms with Gasteiger partial charge in [-0.15, -0.1) is 0 Å². The maximum Gasteiger partial charge on any atom is 0.338 e. The summed E-state index contributed by atoms with van der Waals surface area (Å²) in [6, 6.07) is 13.9. The Kier molecular flexibility index (Phi) is 8.38. The van der Waals surface area contributed by atoms with Gasteiger partial charge in [0.25, 0.3) is 0 Å². The second-order valence-corrected chi connectivity index (χ2v) is 8.25. The fourth-order valence-corrected chi connectivity index (χ4v) is 3.32. The normalized spacial score (nSPS) is 10.5. The summed E-state index contributed by atoms with van der Waals surface area (Å²) in [4.78, 5) is 23.0. The van der Waals surface area contributed by atoms with Crippen molar-refractivity contribution in [3.8, 4) is 33.8 Å². The van der Waals surface area contributed by atoms with Crippen LogP contribution in [0.3, 0.4) is 0 Å². The Labute approximate surface area is 208 Å². The van der Waals surface area contributed by atoms with Gasteiger partial charge in [0, 0.05) is 16.7 Å². The number of ether oxygens (including phenoxy) is 3. The standard InChI is InChI=1S/C29H26F2O5/c1-17(2)28(32)35-13-12-34-22-8-10-23(19(5)14-22)20-6-9-24(25(30)15-20)21-7-11-27(26(31)16-21)36-29(33)18(3)4/h6-11,14-16H,1,3,12-13H2,2,4-5H3. The number of halogens is 2. The molecule has 7 heteroatoms. The number of carbonyl (C=O) groups excluding carboxylic acids is 2. The number of benzene rings is 3. The molecule has 0 bridgehead atoms. The van der Waals surface area contributed by atoms with E-state index in [4.69, 9.17) is 14.2 Å². The van der Waals surface area contributed by atoms with Crippen molar-refractivity contribution < 1.29 is 32.6 Å². The van der Waals surface area contributed by atoms with Gasteiger partial charge in [0.05, 0.1) is 0 Å². The van der Waals surface area contributed by atoms with Crippen LogP contribution in [0.1, 0.15) is 19.4 Å². The summed E-state index contributed by atoms with van der Waals surface area (Å²) in [5.74, 6) is -2.20. The minimum absolute atomic E-state index is 0.0943. The summed E-state index contributed by atoms with van der Waals surface area (Å²) in [5.41, 5.74) is 3.27. The maximum absolute atomic E-state index is 15.0. The fraction of sp³-hybridized carbons (Fsp3) is 0.172. The predicted molar refractivity (Wildman–Crippen MR) is 134 cm³/mol. The van der Waals surface area contributed by atoms with E-state index in [0.717, 1.165) is 17.2 Å². The molecule has 0 amide bonds. The van der Waals surface area contributed by atoms with Crippen molar-refractivity contribution in [2.24, 2.45) is 0 Å².